The third kappa shape index (κ3) is 2.81. The summed E-state index contributed by atoms with van der Waals surface area (Å²) in [5.41, 5.74) is 14.6. The van der Waals surface area contributed by atoms with Crippen molar-refractivity contribution in [2.45, 2.75) is 18.8 Å². The van der Waals surface area contributed by atoms with Crippen LogP contribution < -0.4 is 0 Å². The first-order valence-electron chi connectivity index (χ1n) is 12.9. The molecule has 1 nitrogen and oxygen atoms in total. The smallest absolute Gasteiger partial charge is 0.0803 e. The predicted molar refractivity (Wildman–Crippen MR) is 157 cm³/mol. The molecule has 37 heavy (non-hydrogen) atoms. The quantitative estimate of drug-likeness (QED) is 0.201. The molecule has 0 saturated heterocycles. The second kappa shape index (κ2) is 8.23. The van der Waals surface area contributed by atoms with E-state index in [1.165, 1.54) is 55.2 Å². The first kappa shape index (κ1) is 21.7. The summed E-state index contributed by atoms with van der Waals surface area (Å²) in [7, 11) is 0. The summed E-state index contributed by atoms with van der Waals surface area (Å²) in [6.45, 7) is 6.28. The highest BCUT2D eigenvalue weighted by atomic mass is 15.0. The summed E-state index contributed by atoms with van der Waals surface area (Å²) < 4.78 is 2.42. The second-order valence-corrected chi connectivity index (χ2v) is 9.76. The van der Waals surface area contributed by atoms with Gasteiger partial charge in [-0.25, -0.2) is 0 Å². The van der Waals surface area contributed by atoms with Gasteiger partial charge in [-0.15, -0.1) is 5.73 Å². The molecule has 3 aliphatic carbocycles. The zero-order valence-electron chi connectivity index (χ0n) is 20.9. The molecule has 176 valence electrons. The zero-order valence-corrected chi connectivity index (χ0v) is 20.9. The maximum atomic E-state index is 4.23. The van der Waals surface area contributed by atoms with Gasteiger partial charge >= 0.3 is 0 Å². The van der Waals surface area contributed by atoms with Gasteiger partial charge in [0.15, 0.2) is 0 Å². The molecule has 3 aliphatic rings. The number of aromatic nitrogens is 1. The number of para-hydroxylation sites is 1. The zero-order chi connectivity index (χ0) is 25.0. The second-order valence-electron chi connectivity index (χ2n) is 9.76. The summed E-state index contributed by atoms with van der Waals surface area (Å²) in [5.74, 6) is 0. The summed E-state index contributed by atoms with van der Waals surface area (Å²) in [4.78, 5) is 0. The van der Waals surface area contributed by atoms with Gasteiger partial charge in [0, 0.05) is 27.6 Å². The van der Waals surface area contributed by atoms with Crippen molar-refractivity contribution in [2.75, 3.05) is 0 Å². The van der Waals surface area contributed by atoms with E-state index in [9.17, 15) is 0 Å². The van der Waals surface area contributed by atoms with Gasteiger partial charge in [0.2, 0.25) is 0 Å². The van der Waals surface area contributed by atoms with Crippen LogP contribution in [0.5, 0.6) is 0 Å². The van der Waals surface area contributed by atoms with E-state index in [0.29, 0.717) is 0 Å². The molecular formula is C36H27N. The van der Waals surface area contributed by atoms with E-state index in [-0.39, 0.29) is 0 Å². The minimum absolute atomic E-state index is 0.444. The van der Waals surface area contributed by atoms with Crippen molar-refractivity contribution in [2.24, 2.45) is 0 Å². The standard InChI is InChI=1S/C36H27N/c1-3-5-18-27(4-2)37-33-22-12-11-19-29(33)31-24-23-30-28-20-13-21-32(28)36(34(30)35(31)37,26-16-9-10-17-26)25-14-7-6-8-15-25/h3-16,18-19,21-24H,2,20H2,1H3/b5-3?,27-18+. The van der Waals surface area contributed by atoms with E-state index in [1.807, 2.05) is 19.1 Å². The lowest BCUT2D eigenvalue weighted by Crippen LogP contribution is -2.30. The Bertz CT molecular complexity index is 1840. The summed E-state index contributed by atoms with van der Waals surface area (Å²) in [6.07, 6.45) is 20.3. The maximum Gasteiger partial charge on any atom is 0.0803 e. The van der Waals surface area contributed by atoms with Crippen molar-refractivity contribution in [3.63, 3.8) is 0 Å². The van der Waals surface area contributed by atoms with Gasteiger partial charge in [-0.3, -0.25) is 0 Å². The lowest BCUT2D eigenvalue weighted by Gasteiger charge is -2.35. The molecule has 1 unspecified atom stereocenters. The van der Waals surface area contributed by atoms with E-state index < -0.39 is 5.41 Å². The Morgan fingerprint density at radius 3 is 2.59 bits per heavy atom. The first-order valence-corrected chi connectivity index (χ1v) is 12.9. The molecule has 4 aromatic rings. The topological polar surface area (TPSA) is 4.93 Å². The van der Waals surface area contributed by atoms with Crippen molar-refractivity contribution < 1.29 is 0 Å². The monoisotopic (exact) mass is 473 g/mol. The molecule has 3 aromatic carbocycles. The van der Waals surface area contributed by atoms with Crippen molar-refractivity contribution in [3.05, 3.63) is 162 Å². The van der Waals surface area contributed by atoms with Crippen molar-refractivity contribution in [1.82, 2.24) is 4.57 Å². The van der Waals surface area contributed by atoms with Crippen molar-refractivity contribution >= 4 is 33.1 Å². The number of rotatable bonds is 5. The average Bonchev–Trinajstić information content (AvgIpc) is 3.73. The Morgan fingerprint density at radius 2 is 1.81 bits per heavy atom. The highest BCUT2D eigenvalue weighted by Crippen LogP contribution is 2.60. The van der Waals surface area contributed by atoms with Gasteiger partial charge in [-0.1, -0.05) is 97.6 Å². The summed E-state index contributed by atoms with van der Waals surface area (Å²) in [5, 5.41) is 2.52. The van der Waals surface area contributed by atoms with Gasteiger partial charge in [-0.05, 0) is 66.0 Å². The maximum absolute atomic E-state index is 4.23. The molecule has 1 heteroatoms. The van der Waals surface area contributed by atoms with Gasteiger partial charge in [0.1, 0.15) is 0 Å². The largest absolute Gasteiger partial charge is 0.309 e. The van der Waals surface area contributed by atoms with Crippen LogP contribution in [0.2, 0.25) is 0 Å². The average molecular weight is 474 g/mol. The highest BCUT2D eigenvalue weighted by molar-refractivity contribution is 6.14. The molecule has 0 spiro atoms. The molecule has 1 aromatic heterocycles. The Hall–Kier alpha value is -4.58. The van der Waals surface area contributed by atoms with E-state index in [0.717, 1.165) is 12.1 Å². The van der Waals surface area contributed by atoms with E-state index in [2.05, 4.69) is 126 Å². The van der Waals surface area contributed by atoms with Crippen molar-refractivity contribution in [3.8, 4) is 0 Å². The number of nitrogens with zero attached hydrogens (tertiary/aromatic N) is 1. The first-order chi connectivity index (χ1) is 18.3. The van der Waals surface area contributed by atoms with Crippen LogP contribution in [0.4, 0.5) is 0 Å². The highest BCUT2D eigenvalue weighted by Gasteiger charge is 2.50. The molecular weight excluding hydrogens is 446 g/mol. The Balaban J connectivity index is 1.74. The fourth-order valence-electron chi connectivity index (χ4n) is 6.62. The molecule has 0 N–H and O–H groups in total. The van der Waals surface area contributed by atoms with E-state index in [1.54, 1.807) is 0 Å². The summed E-state index contributed by atoms with van der Waals surface area (Å²) in [6, 6.07) is 24.4. The lowest BCUT2D eigenvalue weighted by molar-refractivity contribution is 0.768. The molecule has 0 radical (unpaired) electrons. The van der Waals surface area contributed by atoms with E-state index in [4.69, 9.17) is 0 Å². The van der Waals surface area contributed by atoms with Crippen LogP contribution in [0.25, 0.3) is 33.1 Å². The SMILES string of the molecule is C=C/C(=C\C=CC)n1c2ccccc2c2ccc3c(c21)C(C1=C=CC=C1)(c1ccccc1)C1=C3CC=C1. The van der Waals surface area contributed by atoms with Crippen molar-refractivity contribution in [1.29, 1.82) is 0 Å². The van der Waals surface area contributed by atoms with Gasteiger partial charge in [0.25, 0.3) is 0 Å². The van der Waals surface area contributed by atoms with Crippen LogP contribution in [-0.4, -0.2) is 4.57 Å². The molecule has 0 bridgehead atoms. The summed E-state index contributed by atoms with van der Waals surface area (Å²) >= 11 is 0. The van der Waals surface area contributed by atoms with Crippen LogP contribution in [0, 0.1) is 0 Å². The molecule has 1 heterocycles. The Kier molecular flexibility index (Phi) is 4.83. The third-order valence-electron chi connectivity index (χ3n) is 8.01. The normalized spacial score (nSPS) is 20.0. The third-order valence-corrected chi connectivity index (χ3v) is 8.01. The van der Waals surface area contributed by atoms with Crippen LogP contribution in [0.3, 0.4) is 0 Å². The van der Waals surface area contributed by atoms with Gasteiger partial charge in [0.05, 0.1) is 16.4 Å². The van der Waals surface area contributed by atoms with E-state index >= 15 is 0 Å². The minimum atomic E-state index is -0.444. The number of allylic oxidation sites excluding steroid dienone is 12. The minimum Gasteiger partial charge on any atom is -0.309 e. The lowest BCUT2D eigenvalue weighted by atomic mass is 9.66. The molecule has 0 amide bonds. The van der Waals surface area contributed by atoms with Crippen LogP contribution >= 0.6 is 0 Å². The Morgan fingerprint density at radius 1 is 0.973 bits per heavy atom. The predicted octanol–water partition coefficient (Wildman–Crippen LogP) is 9.06. The van der Waals surface area contributed by atoms with Gasteiger partial charge < -0.3 is 4.57 Å². The fourth-order valence-corrected chi connectivity index (χ4v) is 6.62. The van der Waals surface area contributed by atoms with Gasteiger partial charge in [-0.2, -0.15) is 0 Å². The number of benzene rings is 3. The molecule has 0 saturated carbocycles. The fraction of sp³-hybridized carbons (Fsp3) is 0.0833. The molecule has 1 atom stereocenters. The number of fused-ring (bicyclic) bond motifs is 6. The Labute approximate surface area is 217 Å². The molecule has 0 fully saturated rings. The number of hydrogen-bond donors (Lipinski definition) is 0. The van der Waals surface area contributed by atoms with Crippen LogP contribution in [-0.2, 0) is 5.41 Å². The van der Waals surface area contributed by atoms with Crippen LogP contribution in [0.1, 0.15) is 30.0 Å². The molecule has 7 rings (SSSR count). The number of hydrogen-bond acceptors (Lipinski definition) is 0. The molecule has 0 aliphatic heterocycles. The van der Waals surface area contributed by atoms with Crippen LogP contribution in [0.15, 0.2) is 145 Å².